The zero-order valence-electron chi connectivity index (χ0n) is 19.2. The molecule has 0 bridgehead atoms. The van der Waals surface area contributed by atoms with Gasteiger partial charge in [-0.15, -0.1) is 0 Å². The molecule has 0 amide bonds. The van der Waals surface area contributed by atoms with Crippen molar-refractivity contribution >= 4 is 5.97 Å². The lowest BCUT2D eigenvalue weighted by atomic mass is 10.1. The van der Waals surface area contributed by atoms with Crippen LogP contribution in [0.25, 0.3) is 0 Å². The molecule has 0 spiro atoms. The minimum Gasteiger partial charge on any atom is -0.478 e. The minimum atomic E-state index is -0.892. The minimum absolute atomic E-state index is 0.0375. The molecule has 1 aromatic heterocycles. The number of carboxylic acid groups (broad SMARTS) is 1. The standard InChI is InChI=1S/C27H30N4O3/c32-25(33)20-8-6-18(7-9-20)15-31-13-10-21(16-31)24-29-26(30-34-24)27(11-12-27)17-28-23-14-22(23)19-4-2-1-3-5-19/h1-9,21-23,28H,10-17H2,(H,32,33)/t21?,22?,23-/m0/s1. The molecule has 3 aliphatic rings. The Morgan fingerprint density at radius 3 is 2.68 bits per heavy atom. The average Bonchev–Trinajstić information content (AvgIpc) is 3.71. The van der Waals surface area contributed by atoms with Gasteiger partial charge in [0.2, 0.25) is 5.89 Å². The number of rotatable bonds is 9. The van der Waals surface area contributed by atoms with Crippen molar-refractivity contribution in [3.63, 3.8) is 0 Å². The van der Waals surface area contributed by atoms with Crippen LogP contribution in [0.5, 0.6) is 0 Å². The van der Waals surface area contributed by atoms with Crippen molar-refractivity contribution in [1.82, 2.24) is 20.4 Å². The summed E-state index contributed by atoms with van der Waals surface area (Å²) in [7, 11) is 0. The number of aromatic nitrogens is 2. The van der Waals surface area contributed by atoms with Crippen LogP contribution < -0.4 is 5.32 Å². The van der Waals surface area contributed by atoms with E-state index in [-0.39, 0.29) is 11.3 Å². The topological polar surface area (TPSA) is 91.5 Å². The van der Waals surface area contributed by atoms with E-state index in [1.165, 1.54) is 12.0 Å². The molecule has 0 radical (unpaired) electrons. The summed E-state index contributed by atoms with van der Waals surface area (Å²) in [5, 5.41) is 17.2. The summed E-state index contributed by atoms with van der Waals surface area (Å²) in [6.45, 7) is 3.57. The average molecular weight is 459 g/mol. The van der Waals surface area contributed by atoms with Gasteiger partial charge in [0.1, 0.15) is 0 Å². The number of carbonyl (C=O) groups is 1. The van der Waals surface area contributed by atoms with Crippen LogP contribution >= 0.6 is 0 Å². The van der Waals surface area contributed by atoms with Crippen molar-refractivity contribution in [2.24, 2.45) is 0 Å². The second kappa shape index (κ2) is 8.64. The Morgan fingerprint density at radius 2 is 1.94 bits per heavy atom. The predicted molar refractivity (Wildman–Crippen MR) is 127 cm³/mol. The highest BCUT2D eigenvalue weighted by molar-refractivity contribution is 5.87. The maximum atomic E-state index is 11.0. The summed E-state index contributed by atoms with van der Waals surface area (Å²) in [6, 6.07) is 18.4. The first-order valence-electron chi connectivity index (χ1n) is 12.3. The van der Waals surface area contributed by atoms with Crippen LogP contribution in [-0.2, 0) is 12.0 Å². The van der Waals surface area contributed by atoms with E-state index in [1.807, 2.05) is 12.1 Å². The molecule has 2 unspecified atom stereocenters. The third kappa shape index (κ3) is 4.38. The molecule has 2 aromatic carbocycles. The Labute approximate surface area is 199 Å². The second-order valence-electron chi connectivity index (χ2n) is 10.2. The number of carboxylic acids is 1. The van der Waals surface area contributed by atoms with Crippen LogP contribution in [0, 0.1) is 0 Å². The molecule has 2 aliphatic carbocycles. The van der Waals surface area contributed by atoms with E-state index in [4.69, 9.17) is 14.6 Å². The first-order chi connectivity index (χ1) is 16.6. The van der Waals surface area contributed by atoms with Gasteiger partial charge in [-0.1, -0.05) is 47.6 Å². The van der Waals surface area contributed by atoms with Gasteiger partial charge in [0.15, 0.2) is 5.82 Å². The molecule has 176 valence electrons. The quantitative estimate of drug-likeness (QED) is 0.502. The molecule has 3 atom stereocenters. The molecule has 6 rings (SSSR count). The molecular formula is C27H30N4O3. The van der Waals surface area contributed by atoms with Crippen LogP contribution in [0.2, 0.25) is 0 Å². The smallest absolute Gasteiger partial charge is 0.335 e. The fraction of sp³-hybridized carbons (Fsp3) is 0.444. The first-order valence-corrected chi connectivity index (χ1v) is 12.3. The number of nitrogens with zero attached hydrogens (tertiary/aromatic N) is 3. The van der Waals surface area contributed by atoms with E-state index in [2.05, 4.69) is 45.7 Å². The maximum Gasteiger partial charge on any atom is 0.335 e. The molecule has 1 aliphatic heterocycles. The third-order valence-corrected chi connectivity index (χ3v) is 7.72. The van der Waals surface area contributed by atoms with Gasteiger partial charge in [-0.2, -0.15) is 4.98 Å². The molecule has 2 N–H and O–H groups in total. The lowest BCUT2D eigenvalue weighted by Crippen LogP contribution is -2.30. The summed E-state index contributed by atoms with van der Waals surface area (Å²) in [6.07, 6.45) is 4.44. The SMILES string of the molecule is O=C(O)c1ccc(CN2CCC(c3nc(C4(CN[C@H]5CC5c5ccccc5)CC4)no3)C2)cc1. The molecule has 34 heavy (non-hydrogen) atoms. The summed E-state index contributed by atoms with van der Waals surface area (Å²) in [5.41, 5.74) is 2.90. The molecular weight excluding hydrogens is 428 g/mol. The number of hydrogen-bond acceptors (Lipinski definition) is 6. The van der Waals surface area contributed by atoms with Gasteiger partial charge in [-0.05, 0) is 55.5 Å². The Morgan fingerprint density at radius 1 is 1.15 bits per heavy atom. The normalized spacial score (nSPS) is 25.4. The highest BCUT2D eigenvalue weighted by Crippen LogP contribution is 2.48. The molecule has 3 aromatic rings. The zero-order chi connectivity index (χ0) is 23.1. The van der Waals surface area contributed by atoms with Crippen molar-refractivity contribution in [1.29, 1.82) is 0 Å². The van der Waals surface area contributed by atoms with E-state index in [0.717, 1.165) is 62.7 Å². The van der Waals surface area contributed by atoms with E-state index in [9.17, 15) is 4.79 Å². The van der Waals surface area contributed by atoms with Crippen LogP contribution in [-0.4, -0.2) is 51.8 Å². The lowest BCUT2D eigenvalue weighted by molar-refractivity contribution is 0.0697. The molecule has 2 saturated carbocycles. The summed E-state index contributed by atoms with van der Waals surface area (Å²) in [5.74, 6) is 1.63. The maximum absolute atomic E-state index is 11.0. The van der Waals surface area contributed by atoms with Gasteiger partial charge < -0.3 is 14.9 Å². The Bertz CT molecular complexity index is 1160. The highest BCUT2D eigenvalue weighted by Gasteiger charge is 2.50. The fourth-order valence-electron chi connectivity index (χ4n) is 5.25. The van der Waals surface area contributed by atoms with Gasteiger partial charge in [-0.25, -0.2) is 4.79 Å². The van der Waals surface area contributed by atoms with Gasteiger partial charge in [0.05, 0.1) is 11.5 Å². The van der Waals surface area contributed by atoms with Gasteiger partial charge >= 0.3 is 5.97 Å². The Balaban J connectivity index is 1.02. The van der Waals surface area contributed by atoms with Crippen molar-refractivity contribution < 1.29 is 14.4 Å². The molecule has 7 nitrogen and oxygen atoms in total. The van der Waals surface area contributed by atoms with E-state index in [0.29, 0.717) is 17.5 Å². The molecule has 2 heterocycles. The number of hydrogen-bond donors (Lipinski definition) is 2. The molecule has 1 saturated heterocycles. The summed E-state index contributed by atoms with van der Waals surface area (Å²) < 4.78 is 5.75. The highest BCUT2D eigenvalue weighted by atomic mass is 16.5. The lowest BCUT2D eigenvalue weighted by Gasteiger charge is -2.15. The Kier molecular flexibility index (Phi) is 5.46. The number of benzene rings is 2. The van der Waals surface area contributed by atoms with Crippen molar-refractivity contribution in [2.45, 2.75) is 55.5 Å². The van der Waals surface area contributed by atoms with Crippen LogP contribution in [0.3, 0.4) is 0 Å². The van der Waals surface area contributed by atoms with Crippen molar-refractivity contribution in [3.8, 4) is 0 Å². The monoisotopic (exact) mass is 458 g/mol. The van der Waals surface area contributed by atoms with Crippen molar-refractivity contribution in [3.05, 3.63) is 83.0 Å². The largest absolute Gasteiger partial charge is 0.478 e. The van der Waals surface area contributed by atoms with E-state index >= 15 is 0 Å². The van der Waals surface area contributed by atoms with Gasteiger partial charge in [-0.3, -0.25) is 4.90 Å². The Hall–Kier alpha value is -3.03. The van der Waals surface area contributed by atoms with Gasteiger partial charge in [0.25, 0.3) is 0 Å². The zero-order valence-corrected chi connectivity index (χ0v) is 19.2. The summed E-state index contributed by atoms with van der Waals surface area (Å²) >= 11 is 0. The van der Waals surface area contributed by atoms with E-state index in [1.54, 1.807) is 12.1 Å². The number of aromatic carboxylic acids is 1. The third-order valence-electron chi connectivity index (χ3n) is 7.72. The molecule has 7 heteroatoms. The number of nitrogens with one attached hydrogen (secondary N) is 1. The first kappa shape index (κ1) is 21.5. The van der Waals surface area contributed by atoms with Gasteiger partial charge in [0, 0.05) is 37.0 Å². The number of likely N-dealkylation sites (tertiary alicyclic amines) is 1. The van der Waals surface area contributed by atoms with Crippen LogP contribution in [0.1, 0.15) is 70.7 Å². The second-order valence-corrected chi connectivity index (χ2v) is 10.2. The van der Waals surface area contributed by atoms with Crippen LogP contribution in [0.15, 0.2) is 59.1 Å². The summed E-state index contributed by atoms with van der Waals surface area (Å²) in [4.78, 5) is 18.3. The molecule has 3 fully saturated rings. The van der Waals surface area contributed by atoms with Crippen molar-refractivity contribution in [2.75, 3.05) is 19.6 Å². The predicted octanol–water partition coefficient (Wildman–Crippen LogP) is 3.93. The van der Waals surface area contributed by atoms with E-state index < -0.39 is 5.97 Å². The fourth-order valence-corrected chi connectivity index (χ4v) is 5.25. The van der Waals surface area contributed by atoms with Crippen LogP contribution in [0.4, 0.5) is 0 Å².